The topological polar surface area (TPSA) is 45.0 Å². The summed E-state index contributed by atoms with van der Waals surface area (Å²) in [4.78, 5) is 1.32. The van der Waals surface area contributed by atoms with Gasteiger partial charge in [-0.3, -0.25) is 5.32 Å². The molecular weight excluding hydrogens is 256 g/mol. The zero-order valence-corrected chi connectivity index (χ0v) is 11.6. The molecule has 2 aromatic rings. The summed E-state index contributed by atoms with van der Waals surface area (Å²) in [7, 11) is 1.62. The van der Waals surface area contributed by atoms with Crippen molar-refractivity contribution in [1.29, 1.82) is 5.26 Å². The van der Waals surface area contributed by atoms with Crippen molar-refractivity contribution in [3.8, 4) is 11.8 Å². The van der Waals surface area contributed by atoms with Gasteiger partial charge in [0.05, 0.1) is 13.2 Å². The molecule has 1 heterocycles. The zero-order valence-electron chi connectivity index (χ0n) is 10.8. The molecule has 98 valence electrons. The van der Waals surface area contributed by atoms with Crippen LogP contribution in [0.1, 0.15) is 16.5 Å². The predicted molar refractivity (Wildman–Crippen MR) is 77.4 cm³/mol. The lowest BCUT2D eigenvalue weighted by Crippen LogP contribution is -2.22. The van der Waals surface area contributed by atoms with Crippen LogP contribution in [-0.4, -0.2) is 13.7 Å². The second-order valence-electron chi connectivity index (χ2n) is 4.09. The van der Waals surface area contributed by atoms with Crippen LogP contribution < -0.4 is 10.1 Å². The van der Waals surface area contributed by atoms with Crippen LogP contribution in [0.3, 0.4) is 0 Å². The van der Waals surface area contributed by atoms with E-state index in [1.807, 2.05) is 30.3 Å². The second kappa shape index (κ2) is 6.93. The number of nitrogens with zero attached hydrogens (tertiary/aromatic N) is 1. The fourth-order valence-electron chi connectivity index (χ4n) is 1.92. The highest BCUT2D eigenvalue weighted by Crippen LogP contribution is 2.24. The first kappa shape index (κ1) is 13.6. The number of nitrogens with one attached hydrogen (secondary N) is 1. The second-order valence-corrected chi connectivity index (χ2v) is 5.12. The molecule has 0 saturated carbocycles. The number of hydrogen-bond donors (Lipinski definition) is 1. The third-order valence-corrected chi connectivity index (χ3v) is 3.82. The molecule has 1 aromatic heterocycles. The van der Waals surface area contributed by atoms with E-state index in [1.165, 1.54) is 4.88 Å². The van der Waals surface area contributed by atoms with E-state index in [4.69, 9.17) is 4.74 Å². The summed E-state index contributed by atoms with van der Waals surface area (Å²) in [6.07, 6.45) is 0.936. The van der Waals surface area contributed by atoms with Gasteiger partial charge in [0.1, 0.15) is 11.8 Å². The third-order valence-electron chi connectivity index (χ3n) is 2.88. The van der Waals surface area contributed by atoms with Crippen molar-refractivity contribution in [1.82, 2.24) is 5.32 Å². The average molecular weight is 272 g/mol. The Balaban J connectivity index is 1.98. The van der Waals surface area contributed by atoms with Gasteiger partial charge in [-0.15, -0.1) is 11.3 Å². The van der Waals surface area contributed by atoms with Crippen LogP contribution in [-0.2, 0) is 6.42 Å². The normalized spacial score (nSPS) is 11.8. The van der Waals surface area contributed by atoms with Crippen molar-refractivity contribution in [2.75, 3.05) is 13.7 Å². The van der Waals surface area contributed by atoms with Crippen molar-refractivity contribution in [2.24, 2.45) is 0 Å². The molecule has 3 nitrogen and oxygen atoms in total. The van der Waals surface area contributed by atoms with Crippen LogP contribution in [0.15, 0.2) is 41.8 Å². The van der Waals surface area contributed by atoms with E-state index in [-0.39, 0.29) is 6.04 Å². The van der Waals surface area contributed by atoms with Gasteiger partial charge in [0, 0.05) is 17.0 Å². The number of para-hydroxylation sites is 1. The minimum atomic E-state index is -0.337. The highest BCUT2D eigenvalue weighted by atomic mass is 32.1. The van der Waals surface area contributed by atoms with Gasteiger partial charge in [0.25, 0.3) is 0 Å². The average Bonchev–Trinajstić information content (AvgIpc) is 2.97. The number of thiophene rings is 1. The van der Waals surface area contributed by atoms with Crippen molar-refractivity contribution >= 4 is 11.3 Å². The van der Waals surface area contributed by atoms with Crippen LogP contribution in [0.5, 0.6) is 5.75 Å². The maximum Gasteiger partial charge on any atom is 0.124 e. The molecule has 4 heteroatoms. The minimum Gasteiger partial charge on any atom is -0.496 e. The number of ether oxygens (including phenoxy) is 1. The molecule has 1 unspecified atom stereocenters. The summed E-state index contributed by atoms with van der Waals surface area (Å²) in [5.74, 6) is 0.748. The summed E-state index contributed by atoms with van der Waals surface area (Å²) in [5, 5.41) is 14.6. The molecule has 0 bridgehead atoms. The maximum atomic E-state index is 9.29. The molecule has 19 heavy (non-hydrogen) atoms. The smallest absolute Gasteiger partial charge is 0.124 e. The first-order chi connectivity index (χ1) is 9.35. The number of nitriles is 1. The lowest BCUT2D eigenvalue weighted by Gasteiger charge is -2.14. The Hall–Kier alpha value is -1.83. The largest absolute Gasteiger partial charge is 0.496 e. The van der Waals surface area contributed by atoms with Crippen LogP contribution in [0.25, 0.3) is 0 Å². The van der Waals surface area contributed by atoms with E-state index in [0.29, 0.717) is 0 Å². The Morgan fingerprint density at radius 2 is 2.16 bits per heavy atom. The molecule has 1 atom stereocenters. The summed E-state index contributed by atoms with van der Waals surface area (Å²) in [6, 6.07) is 13.7. The SMILES string of the molecule is COc1ccccc1C(C#N)NCCc1cccs1. The van der Waals surface area contributed by atoms with E-state index in [0.717, 1.165) is 24.3 Å². The standard InChI is InChI=1S/C15H16N2OS/c1-18-15-7-3-2-6-13(15)14(11-16)17-9-8-12-5-4-10-19-12/h2-7,10,14,17H,8-9H2,1H3. The summed E-state index contributed by atoms with van der Waals surface area (Å²) in [5.41, 5.74) is 0.888. The van der Waals surface area contributed by atoms with Gasteiger partial charge in [-0.2, -0.15) is 5.26 Å². The zero-order chi connectivity index (χ0) is 13.5. The maximum absolute atomic E-state index is 9.29. The van der Waals surface area contributed by atoms with Crippen LogP contribution in [0, 0.1) is 11.3 Å². The fraction of sp³-hybridized carbons (Fsp3) is 0.267. The van der Waals surface area contributed by atoms with Gasteiger partial charge in [0.15, 0.2) is 0 Å². The third kappa shape index (κ3) is 3.57. The van der Waals surface area contributed by atoms with E-state index < -0.39 is 0 Å². The number of benzene rings is 1. The highest BCUT2D eigenvalue weighted by molar-refractivity contribution is 7.09. The van der Waals surface area contributed by atoms with Gasteiger partial charge in [-0.25, -0.2) is 0 Å². The first-order valence-electron chi connectivity index (χ1n) is 6.13. The molecule has 0 saturated heterocycles. The van der Waals surface area contributed by atoms with E-state index in [1.54, 1.807) is 18.4 Å². The molecule has 1 aromatic carbocycles. The van der Waals surface area contributed by atoms with Crippen LogP contribution >= 0.6 is 11.3 Å². The Bertz CT molecular complexity index is 546. The van der Waals surface area contributed by atoms with Gasteiger partial charge in [-0.05, 0) is 23.9 Å². The highest BCUT2D eigenvalue weighted by Gasteiger charge is 2.14. The fourth-order valence-corrected chi connectivity index (χ4v) is 2.63. The quantitative estimate of drug-likeness (QED) is 0.878. The van der Waals surface area contributed by atoms with Crippen LogP contribution in [0.4, 0.5) is 0 Å². The van der Waals surface area contributed by atoms with E-state index >= 15 is 0 Å². The lowest BCUT2D eigenvalue weighted by molar-refractivity contribution is 0.405. The predicted octanol–water partition coefficient (Wildman–Crippen LogP) is 3.15. The van der Waals surface area contributed by atoms with E-state index in [9.17, 15) is 5.26 Å². The molecule has 0 aliphatic heterocycles. The summed E-state index contributed by atoms with van der Waals surface area (Å²) < 4.78 is 5.29. The molecule has 0 fully saturated rings. The number of methoxy groups -OCH3 is 1. The Kier molecular flexibility index (Phi) is 4.96. The summed E-state index contributed by atoms with van der Waals surface area (Å²) in [6.45, 7) is 0.775. The first-order valence-corrected chi connectivity index (χ1v) is 7.01. The lowest BCUT2D eigenvalue weighted by atomic mass is 10.1. The Labute approximate surface area is 117 Å². The monoisotopic (exact) mass is 272 g/mol. The van der Waals surface area contributed by atoms with Gasteiger partial charge >= 0.3 is 0 Å². The van der Waals surface area contributed by atoms with Crippen molar-refractivity contribution in [2.45, 2.75) is 12.5 Å². The molecule has 0 amide bonds. The number of hydrogen-bond acceptors (Lipinski definition) is 4. The molecule has 0 aliphatic carbocycles. The molecule has 0 spiro atoms. The Morgan fingerprint density at radius 1 is 1.32 bits per heavy atom. The molecule has 1 N–H and O–H groups in total. The molecule has 0 aliphatic rings. The van der Waals surface area contributed by atoms with Crippen molar-refractivity contribution < 1.29 is 4.74 Å². The molecule has 2 rings (SSSR count). The number of rotatable bonds is 6. The molecular formula is C15H16N2OS. The minimum absolute atomic E-state index is 0.337. The molecule has 0 radical (unpaired) electrons. The van der Waals surface area contributed by atoms with Gasteiger partial charge in [0.2, 0.25) is 0 Å². The van der Waals surface area contributed by atoms with Gasteiger partial charge in [-0.1, -0.05) is 24.3 Å². The Morgan fingerprint density at radius 3 is 2.84 bits per heavy atom. The van der Waals surface area contributed by atoms with Crippen molar-refractivity contribution in [3.05, 3.63) is 52.2 Å². The van der Waals surface area contributed by atoms with Gasteiger partial charge < -0.3 is 4.74 Å². The summed E-state index contributed by atoms with van der Waals surface area (Å²) >= 11 is 1.74. The van der Waals surface area contributed by atoms with Crippen molar-refractivity contribution in [3.63, 3.8) is 0 Å². The van der Waals surface area contributed by atoms with Crippen LogP contribution in [0.2, 0.25) is 0 Å². The van der Waals surface area contributed by atoms with E-state index in [2.05, 4.69) is 22.8 Å².